The van der Waals surface area contributed by atoms with Gasteiger partial charge in [-0.05, 0) is 48.2 Å². The van der Waals surface area contributed by atoms with Crippen LogP contribution in [-0.2, 0) is 35.5 Å². The predicted octanol–water partition coefficient (Wildman–Crippen LogP) is 3.93. The summed E-state index contributed by atoms with van der Waals surface area (Å²) in [5, 5.41) is 20.9. The molecule has 0 saturated carbocycles. The molecule has 188 valence electrons. The zero-order chi connectivity index (χ0) is 25.8. The van der Waals surface area contributed by atoms with Crippen LogP contribution in [0.2, 0.25) is 0 Å². The lowest BCUT2D eigenvalue weighted by atomic mass is 10.0. The Hall–Kier alpha value is -3.12. The highest BCUT2D eigenvalue weighted by molar-refractivity contribution is 5.73. The molecular formula is C22H24F6N2O4. The van der Waals surface area contributed by atoms with Gasteiger partial charge in [-0.1, -0.05) is 48.5 Å². The molecule has 2 heterocycles. The van der Waals surface area contributed by atoms with Crippen molar-refractivity contribution in [3.05, 3.63) is 70.8 Å². The van der Waals surface area contributed by atoms with Gasteiger partial charge < -0.3 is 20.8 Å². The normalized spacial score (nSPS) is 14.3. The van der Waals surface area contributed by atoms with Crippen LogP contribution in [0, 0.1) is 0 Å². The number of alkyl halides is 6. The summed E-state index contributed by atoms with van der Waals surface area (Å²) >= 11 is 0. The van der Waals surface area contributed by atoms with Gasteiger partial charge in [0.05, 0.1) is 0 Å². The summed E-state index contributed by atoms with van der Waals surface area (Å²) in [5.74, 6) is -5.51. The second kappa shape index (κ2) is 13.6. The van der Waals surface area contributed by atoms with E-state index in [1.807, 2.05) is 0 Å². The fourth-order valence-corrected chi connectivity index (χ4v) is 2.84. The standard InChI is InChI=1S/2C9H11N.2C2HF3O2/c2*1-2-4-9-7-10-6-5-8(9)3-1;2*3-2(4,5)1(6)7/h2*1-4,10H,5-7H2;2*(H,6,7). The van der Waals surface area contributed by atoms with Gasteiger partial charge in [-0.25, -0.2) is 9.59 Å². The Kier molecular flexibility index (Phi) is 11.5. The fourth-order valence-electron chi connectivity index (χ4n) is 2.84. The van der Waals surface area contributed by atoms with Gasteiger partial charge >= 0.3 is 24.3 Å². The molecule has 0 amide bonds. The van der Waals surface area contributed by atoms with Gasteiger partial charge in [0.2, 0.25) is 0 Å². The Morgan fingerprint density at radius 2 is 0.882 bits per heavy atom. The van der Waals surface area contributed by atoms with E-state index in [1.54, 1.807) is 0 Å². The number of carboxylic acids is 2. The molecule has 2 aliphatic heterocycles. The number of fused-ring (bicyclic) bond motifs is 2. The van der Waals surface area contributed by atoms with Gasteiger partial charge in [0.25, 0.3) is 0 Å². The van der Waals surface area contributed by atoms with Crippen molar-refractivity contribution in [3.8, 4) is 0 Å². The Balaban J connectivity index is 0.000000231. The summed E-state index contributed by atoms with van der Waals surface area (Å²) < 4.78 is 63.5. The molecule has 2 aromatic rings. The quantitative estimate of drug-likeness (QED) is 0.415. The van der Waals surface area contributed by atoms with E-state index in [4.69, 9.17) is 19.8 Å². The minimum Gasteiger partial charge on any atom is -0.475 e. The number of carboxylic acid groups (broad SMARTS) is 2. The summed E-state index contributed by atoms with van der Waals surface area (Å²) in [4.78, 5) is 17.8. The van der Waals surface area contributed by atoms with Gasteiger partial charge in [-0.2, -0.15) is 26.3 Å². The van der Waals surface area contributed by atoms with Crippen LogP contribution in [0.5, 0.6) is 0 Å². The largest absolute Gasteiger partial charge is 0.490 e. The van der Waals surface area contributed by atoms with Gasteiger partial charge in [0, 0.05) is 13.1 Å². The van der Waals surface area contributed by atoms with E-state index in [2.05, 4.69) is 59.2 Å². The van der Waals surface area contributed by atoms with E-state index < -0.39 is 24.3 Å². The minimum atomic E-state index is -5.08. The van der Waals surface area contributed by atoms with E-state index in [0.717, 1.165) is 26.2 Å². The molecule has 2 aliphatic rings. The highest BCUT2D eigenvalue weighted by Gasteiger charge is 2.38. The molecule has 4 N–H and O–H groups in total. The van der Waals surface area contributed by atoms with Crippen molar-refractivity contribution < 1.29 is 46.1 Å². The first-order chi connectivity index (χ1) is 15.8. The lowest BCUT2D eigenvalue weighted by Crippen LogP contribution is -2.23. The Morgan fingerprint density at radius 1 is 0.618 bits per heavy atom. The average Bonchev–Trinajstić information content (AvgIpc) is 2.79. The zero-order valence-corrected chi connectivity index (χ0v) is 17.8. The van der Waals surface area contributed by atoms with E-state index in [9.17, 15) is 26.3 Å². The van der Waals surface area contributed by atoms with Crippen molar-refractivity contribution in [2.45, 2.75) is 38.3 Å². The van der Waals surface area contributed by atoms with E-state index in [0.29, 0.717) is 0 Å². The summed E-state index contributed by atoms with van der Waals surface area (Å²) in [6.07, 6.45) is -7.79. The second-order valence-corrected chi connectivity index (χ2v) is 7.00. The van der Waals surface area contributed by atoms with Crippen molar-refractivity contribution in [1.82, 2.24) is 10.6 Å². The molecule has 0 atom stereocenters. The summed E-state index contributed by atoms with van der Waals surface area (Å²) in [7, 11) is 0. The molecule has 0 unspecified atom stereocenters. The second-order valence-electron chi connectivity index (χ2n) is 7.00. The molecule has 0 aromatic heterocycles. The molecule has 0 bridgehead atoms. The number of halogens is 6. The summed E-state index contributed by atoms with van der Waals surface area (Å²) in [6, 6.07) is 17.3. The molecule has 4 rings (SSSR count). The SMILES string of the molecule is O=C(O)C(F)(F)F.O=C(O)C(F)(F)F.c1ccc2c(c1)CCNC2.c1ccc2c(c1)CCNC2. The minimum absolute atomic E-state index is 1.05. The summed E-state index contributed by atoms with van der Waals surface area (Å²) in [5.41, 5.74) is 5.96. The van der Waals surface area contributed by atoms with Crippen molar-refractivity contribution in [2.75, 3.05) is 13.1 Å². The number of rotatable bonds is 0. The van der Waals surface area contributed by atoms with Crippen molar-refractivity contribution in [2.24, 2.45) is 0 Å². The van der Waals surface area contributed by atoms with Crippen molar-refractivity contribution in [1.29, 1.82) is 0 Å². The maximum Gasteiger partial charge on any atom is 0.490 e. The number of aliphatic carboxylic acids is 2. The molecule has 0 saturated heterocycles. The lowest BCUT2D eigenvalue weighted by Gasteiger charge is -2.15. The molecule has 0 radical (unpaired) electrons. The number of nitrogens with one attached hydrogen (secondary N) is 2. The van der Waals surface area contributed by atoms with E-state index in [-0.39, 0.29) is 0 Å². The highest BCUT2D eigenvalue weighted by atomic mass is 19.4. The third-order valence-electron chi connectivity index (χ3n) is 4.49. The van der Waals surface area contributed by atoms with Crippen LogP contribution in [0.3, 0.4) is 0 Å². The molecule has 0 aliphatic carbocycles. The average molecular weight is 494 g/mol. The number of hydrogen-bond acceptors (Lipinski definition) is 4. The lowest BCUT2D eigenvalue weighted by molar-refractivity contribution is -0.193. The monoisotopic (exact) mass is 494 g/mol. The van der Waals surface area contributed by atoms with Crippen LogP contribution >= 0.6 is 0 Å². The first-order valence-electron chi connectivity index (χ1n) is 9.97. The number of carbonyl (C=O) groups is 2. The van der Waals surface area contributed by atoms with Crippen LogP contribution in [0.1, 0.15) is 22.3 Å². The van der Waals surface area contributed by atoms with Crippen LogP contribution in [-0.4, -0.2) is 47.6 Å². The molecule has 0 spiro atoms. The number of hydrogen-bond donors (Lipinski definition) is 4. The molecule has 12 heteroatoms. The van der Waals surface area contributed by atoms with Crippen LogP contribution < -0.4 is 10.6 Å². The third-order valence-corrected chi connectivity index (χ3v) is 4.49. The molecule has 34 heavy (non-hydrogen) atoms. The Bertz CT molecular complexity index is 807. The topological polar surface area (TPSA) is 98.7 Å². The summed E-state index contributed by atoms with van der Waals surface area (Å²) in [6.45, 7) is 4.38. The fraction of sp³-hybridized carbons (Fsp3) is 0.364. The Labute approximate surface area is 191 Å². The molecule has 0 fully saturated rings. The highest BCUT2D eigenvalue weighted by Crippen LogP contribution is 2.14. The van der Waals surface area contributed by atoms with Gasteiger partial charge in [0.15, 0.2) is 0 Å². The maximum atomic E-state index is 10.6. The number of benzene rings is 2. The van der Waals surface area contributed by atoms with Gasteiger partial charge in [-0.15, -0.1) is 0 Å². The third kappa shape index (κ3) is 11.1. The van der Waals surface area contributed by atoms with E-state index >= 15 is 0 Å². The predicted molar refractivity (Wildman–Crippen MR) is 111 cm³/mol. The maximum absolute atomic E-state index is 10.6. The Morgan fingerprint density at radius 3 is 1.12 bits per heavy atom. The van der Waals surface area contributed by atoms with Crippen LogP contribution in [0.25, 0.3) is 0 Å². The van der Waals surface area contributed by atoms with Gasteiger partial charge in [-0.3, -0.25) is 0 Å². The van der Waals surface area contributed by atoms with E-state index in [1.165, 1.54) is 35.1 Å². The molecule has 6 nitrogen and oxygen atoms in total. The smallest absolute Gasteiger partial charge is 0.475 e. The molecular weight excluding hydrogens is 470 g/mol. The van der Waals surface area contributed by atoms with Crippen LogP contribution in [0.4, 0.5) is 26.3 Å². The first-order valence-corrected chi connectivity index (χ1v) is 9.97. The first kappa shape index (κ1) is 28.9. The molecule has 2 aromatic carbocycles. The van der Waals surface area contributed by atoms with Gasteiger partial charge in [0.1, 0.15) is 0 Å². The van der Waals surface area contributed by atoms with Crippen molar-refractivity contribution >= 4 is 11.9 Å². The zero-order valence-electron chi connectivity index (χ0n) is 17.8. The van der Waals surface area contributed by atoms with Crippen LogP contribution in [0.15, 0.2) is 48.5 Å². The van der Waals surface area contributed by atoms with Crippen molar-refractivity contribution in [3.63, 3.8) is 0 Å².